The van der Waals surface area contributed by atoms with Crippen molar-refractivity contribution in [3.05, 3.63) is 343 Å². The maximum atomic E-state index is 14.2. The van der Waals surface area contributed by atoms with Gasteiger partial charge in [0.05, 0.1) is 37.8 Å². The van der Waals surface area contributed by atoms with E-state index in [9.17, 15) is 4.39 Å². The van der Waals surface area contributed by atoms with Crippen LogP contribution in [0.1, 0.15) is 177 Å². The highest BCUT2D eigenvalue weighted by atomic mass is 19.1. The summed E-state index contributed by atoms with van der Waals surface area (Å²) < 4.78 is 30.5. The average Bonchev–Trinajstić information content (AvgIpc) is 1.79. The second kappa shape index (κ2) is 44.6. The highest BCUT2D eigenvalue weighted by Crippen LogP contribution is 2.35. The van der Waals surface area contributed by atoms with Gasteiger partial charge in [-0.05, 0) is 181 Å². The number of ether oxygens (including phenoxy) is 2. The summed E-state index contributed by atoms with van der Waals surface area (Å²) in [4.78, 5) is 17.8. The van der Waals surface area contributed by atoms with Crippen LogP contribution in [-0.4, -0.2) is 96.6 Å². The van der Waals surface area contributed by atoms with Crippen molar-refractivity contribution < 1.29 is 13.9 Å². The van der Waals surface area contributed by atoms with E-state index < -0.39 is 0 Å². The van der Waals surface area contributed by atoms with E-state index in [-0.39, 0.29) is 11.7 Å². The van der Waals surface area contributed by atoms with E-state index in [1.165, 1.54) is 83.2 Å². The second-order valence-electron chi connectivity index (χ2n) is 33.0. The second-order valence-corrected chi connectivity index (χ2v) is 33.0. The zero-order valence-corrected chi connectivity index (χ0v) is 74.8. The molecule has 7 heterocycles. The lowest BCUT2D eigenvalue weighted by Gasteiger charge is -2.33. The van der Waals surface area contributed by atoms with Gasteiger partial charge in [0.1, 0.15) is 17.4 Å². The Bertz CT molecular complexity index is 5600. The third-order valence-corrected chi connectivity index (χ3v) is 21.8. The molecule has 0 atom stereocenters. The summed E-state index contributed by atoms with van der Waals surface area (Å²) in [6.07, 6.45) is 15.0. The highest BCUT2D eigenvalue weighted by Gasteiger charge is 2.18. The number of halogens is 1. The number of fused-ring (bicyclic) bond motifs is 1. The zero-order valence-electron chi connectivity index (χ0n) is 74.8. The number of aromatic nitrogens is 9. The number of benzene rings is 9. The molecule has 15 aromatic rings. The quantitative estimate of drug-likeness (QED) is 0.0872. The number of anilines is 1. The van der Waals surface area contributed by atoms with E-state index in [1.54, 1.807) is 26.6 Å². The summed E-state index contributed by atoms with van der Waals surface area (Å²) in [6, 6.07) is 85.9. The number of aryl methyl sites for hydroxylation is 3. The van der Waals surface area contributed by atoms with Gasteiger partial charge in [0.15, 0.2) is 0 Å². The Morgan fingerprint density at radius 1 is 0.331 bits per heavy atom. The summed E-state index contributed by atoms with van der Waals surface area (Å²) in [5.41, 5.74) is 25.9. The van der Waals surface area contributed by atoms with E-state index in [0.717, 1.165) is 76.8 Å². The van der Waals surface area contributed by atoms with Gasteiger partial charge in [0.2, 0.25) is 5.88 Å². The molecule has 0 unspecified atom stereocenters. The largest absolute Gasteiger partial charge is 0.496 e. The SMILES string of the molecule is CC(C)c1cccc(-c2ccc(N3CCN(C)CC3)nc2)c1.CC(C)c1cccc(-c2ccc3c(cnn3C)c2)c1.CC(C)c1cccc(-c2ccccc2)c1F.CC(C)c1cccc(-c2ccnn2C)c1.CC(C)c1cccc(-c2cnn(C)c2)c1.COc1ccncc1-c1cccc(C(C)C)c1.COc1ncccc1-c1cccc(C(C)C)c1. The van der Waals surface area contributed by atoms with Crippen LogP contribution in [0.2, 0.25) is 0 Å². The Hall–Kier alpha value is -12.4. The van der Waals surface area contributed by atoms with Crippen LogP contribution in [0.3, 0.4) is 0 Å². The van der Waals surface area contributed by atoms with E-state index in [1.807, 2.05) is 159 Å². The standard InChI is InChI=1S/C19H25N3.C17H18N2.C15H15F.2C15H17NO.2C13H16N2/c1-15(2)16-5-4-6-17(13-16)18-7-8-19(20-14-18)22-11-9-21(3)10-12-22;1-12(2)13-5-4-6-14(9-13)15-7-8-17-16(10-15)11-18-19(17)3;1-11(2)13-9-6-10-14(15(13)16)12-7-4-3-5-8-12;1-11(2)12-6-4-7-13(10-12)14-8-5-9-16-15(14)17-3;1-11(2)12-5-4-6-13(9-12)14-10-16-8-7-15(14)17-3;1-10(2)11-5-4-6-12(7-11)13-8-14-15(3)9-13;1-10(2)11-5-4-6-12(9-11)13-7-8-14-15(13)3/h4-8,13-15H,9-12H2,1-3H3;4-12H,1-3H3;3-11H,1-2H3;2*4-11H,1-3H3;2*4-10H,1-3H3. The molecule has 1 saturated heterocycles. The van der Waals surface area contributed by atoms with E-state index in [2.05, 4.69) is 306 Å². The molecule has 0 spiro atoms. The molecule has 0 aliphatic carbocycles. The lowest BCUT2D eigenvalue weighted by atomic mass is 9.96. The third kappa shape index (κ3) is 25.6. The number of methoxy groups -OCH3 is 2. The fourth-order valence-corrected chi connectivity index (χ4v) is 14.2. The lowest BCUT2D eigenvalue weighted by Crippen LogP contribution is -2.44. The van der Waals surface area contributed by atoms with Crippen LogP contribution in [0.5, 0.6) is 11.6 Å². The minimum atomic E-state index is -0.0938. The number of nitrogens with zero attached hydrogens (tertiary/aromatic N) is 11. The first-order valence-electron chi connectivity index (χ1n) is 42.5. The van der Waals surface area contributed by atoms with E-state index in [4.69, 9.17) is 9.47 Å². The summed E-state index contributed by atoms with van der Waals surface area (Å²) >= 11 is 0. The summed E-state index contributed by atoms with van der Waals surface area (Å²) in [7, 11) is 11.4. The molecule has 0 N–H and O–H groups in total. The normalized spacial score (nSPS) is 11.9. The van der Waals surface area contributed by atoms with Crippen molar-refractivity contribution in [3.63, 3.8) is 0 Å². The molecule has 9 aromatic carbocycles. The Morgan fingerprint density at radius 2 is 0.810 bits per heavy atom. The fourth-order valence-electron chi connectivity index (χ4n) is 14.2. The van der Waals surface area contributed by atoms with Crippen molar-refractivity contribution in [2.45, 2.75) is 138 Å². The van der Waals surface area contributed by atoms with Crippen LogP contribution in [0.15, 0.2) is 298 Å². The van der Waals surface area contributed by atoms with E-state index >= 15 is 0 Å². The van der Waals surface area contributed by atoms with Crippen LogP contribution in [0.4, 0.5) is 10.2 Å². The molecule has 6 aromatic heterocycles. The monoisotopic (exact) mass is 1610 g/mol. The predicted octanol–water partition coefficient (Wildman–Crippen LogP) is 26.8. The molecule has 16 rings (SSSR count). The maximum Gasteiger partial charge on any atom is 0.221 e. The molecular formula is C107H124FN11O2. The highest BCUT2D eigenvalue weighted by molar-refractivity contribution is 5.85. The van der Waals surface area contributed by atoms with Crippen molar-refractivity contribution in [2.24, 2.45) is 21.1 Å². The molecule has 13 nitrogen and oxygen atoms in total. The number of hydrogen-bond donors (Lipinski definition) is 0. The van der Waals surface area contributed by atoms with Gasteiger partial charge in [-0.1, -0.05) is 291 Å². The van der Waals surface area contributed by atoms with Gasteiger partial charge in [0.25, 0.3) is 0 Å². The van der Waals surface area contributed by atoms with Crippen molar-refractivity contribution >= 4 is 16.7 Å². The molecule has 626 valence electrons. The number of pyridine rings is 3. The fraction of sp³-hybridized carbons (Fsp3) is 0.290. The van der Waals surface area contributed by atoms with Gasteiger partial charge in [-0.2, -0.15) is 15.3 Å². The summed E-state index contributed by atoms with van der Waals surface area (Å²) in [5.74, 6) is 6.05. The Balaban J connectivity index is 0.000000149. The maximum absolute atomic E-state index is 14.2. The molecule has 1 aliphatic rings. The van der Waals surface area contributed by atoms with Crippen molar-refractivity contribution in [1.29, 1.82) is 0 Å². The smallest absolute Gasteiger partial charge is 0.221 e. The number of piperazine rings is 1. The van der Waals surface area contributed by atoms with Crippen LogP contribution in [0.25, 0.3) is 88.9 Å². The molecule has 1 aliphatic heterocycles. The summed E-state index contributed by atoms with van der Waals surface area (Å²) in [5, 5.41) is 13.9. The zero-order chi connectivity index (χ0) is 86.7. The first-order valence-corrected chi connectivity index (χ1v) is 42.5. The minimum Gasteiger partial charge on any atom is -0.496 e. The third-order valence-electron chi connectivity index (χ3n) is 21.8. The van der Waals surface area contributed by atoms with Gasteiger partial charge < -0.3 is 19.3 Å². The molecular weight excluding hydrogens is 1490 g/mol. The van der Waals surface area contributed by atoms with Crippen LogP contribution in [-0.2, 0) is 21.1 Å². The lowest BCUT2D eigenvalue weighted by molar-refractivity contribution is 0.312. The Kier molecular flexibility index (Phi) is 33.5. The molecule has 14 heteroatoms. The first kappa shape index (κ1) is 90.9. The van der Waals surface area contributed by atoms with Gasteiger partial charge >= 0.3 is 0 Å². The molecule has 1 fully saturated rings. The molecule has 0 amide bonds. The van der Waals surface area contributed by atoms with Crippen LogP contribution < -0.4 is 14.4 Å². The molecule has 121 heavy (non-hydrogen) atoms. The van der Waals surface area contributed by atoms with Gasteiger partial charge in [-0.15, -0.1) is 0 Å². The Labute approximate surface area is 720 Å². The first-order chi connectivity index (χ1) is 58.3. The number of hydrogen-bond acceptors (Lipinski definition) is 10. The van der Waals surface area contributed by atoms with Crippen molar-refractivity contribution in [3.8, 4) is 89.6 Å². The molecule has 0 saturated carbocycles. The van der Waals surface area contributed by atoms with Gasteiger partial charge in [-0.3, -0.25) is 19.0 Å². The topological polar surface area (TPSA) is 117 Å². The molecule has 0 bridgehead atoms. The number of rotatable bonds is 17. The van der Waals surface area contributed by atoms with Crippen LogP contribution in [0, 0.1) is 5.82 Å². The van der Waals surface area contributed by atoms with Crippen LogP contribution >= 0.6 is 0 Å². The van der Waals surface area contributed by atoms with E-state index in [0.29, 0.717) is 47.0 Å². The molecule has 0 radical (unpaired) electrons. The van der Waals surface area contributed by atoms with Gasteiger partial charge in [-0.25, -0.2) is 14.4 Å². The number of likely N-dealkylation sites (N-methyl/N-ethyl adjacent to an activating group) is 1. The van der Waals surface area contributed by atoms with Crippen molar-refractivity contribution in [2.75, 3.05) is 52.3 Å². The van der Waals surface area contributed by atoms with Crippen molar-refractivity contribution in [1.82, 2.24) is 49.2 Å². The minimum absolute atomic E-state index is 0.0938. The predicted molar refractivity (Wildman–Crippen MR) is 506 cm³/mol. The summed E-state index contributed by atoms with van der Waals surface area (Å²) in [6.45, 7) is 34.9. The average molecular weight is 1620 g/mol. The Morgan fingerprint density at radius 3 is 1.31 bits per heavy atom. The van der Waals surface area contributed by atoms with Gasteiger partial charge in [0, 0.05) is 123 Å².